The number of rotatable bonds is 1. The fraction of sp³-hybridized carbons (Fsp3) is 0.471. The van der Waals surface area contributed by atoms with Gasteiger partial charge in [-0.3, -0.25) is 4.79 Å². The van der Waals surface area contributed by atoms with Crippen LogP contribution in [0.1, 0.15) is 25.7 Å². The van der Waals surface area contributed by atoms with Crippen molar-refractivity contribution in [3.63, 3.8) is 0 Å². The molecule has 0 unspecified atom stereocenters. The van der Waals surface area contributed by atoms with E-state index in [9.17, 15) is 4.79 Å². The maximum absolute atomic E-state index is 12.2. The highest BCUT2D eigenvalue weighted by molar-refractivity contribution is 6.02. The van der Waals surface area contributed by atoms with Crippen LogP contribution in [0, 0.1) is 0 Å². The van der Waals surface area contributed by atoms with E-state index < -0.39 is 0 Å². The molecule has 5 heteroatoms. The molecule has 1 amide bonds. The van der Waals surface area contributed by atoms with E-state index in [0.29, 0.717) is 13.2 Å². The maximum Gasteiger partial charge on any atom is 0.256 e. The van der Waals surface area contributed by atoms with Gasteiger partial charge in [0, 0.05) is 5.56 Å². The SMILES string of the molecule is CC(C)=C1C(=O)N2C[C@H]3O[C@@H](c4ccccc4)OC[C@H]3O[C@H]12. The summed E-state index contributed by atoms with van der Waals surface area (Å²) >= 11 is 0. The molecule has 4 atom stereocenters. The van der Waals surface area contributed by atoms with Crippen molar-refractivity contribution in [1.29, 1.82) is 0 Å². The molecule has 5 nitrogen and oxygen atoms in total. The zero-order chi connectivity index (χ0) is 15.3. The number of carbonyl (C=O) groups excluding carboxylic acids is 1. The second-order valence-electron chi connectivity index (χ2n) is 6.15. The minimum absolute atomic E-state index is 0.0646. The number of hydrogen-bond donors (Lipinski definition) is 0. The molecule has 3 heterocycles. The summed E-state index contributed by atoms with van der Waals surface area (Å²) in [6, 6.07) is 9.84. The molecule has 0 radical (unpaired) electrons. The molecule has 1 aromatic rings. The molecule has 4 rings (SSSR count). The number of ether oxygens (including phenoxy) is 3. The molecule has 0 saturated carbocycles. The number of β-lactam (4-membered cyclic amide) rings is 1. The van der Waals surface area contributed by atoms with Gasteiger partial charge in [0.15, 0.2) is 12.5 Å². The maximum atomic E-state index is 12.2. The average molecular weight is 301 g/mol. The van der Waals surface area contributed by atoms with Crippen molar-refractivity contribution in [2.45, 2.75) is 38.6 Å². The second kappa shape index (κ2) is 5.19. The fourth-order valence-corrected chi connectivity index (χ4v) is 3.24. The predicted octanol–water partition coefficient (Wildman–Crippen LogP) is 2.00. The lowest BCUT2D eigenvalue weighted by Crippen LogP contribution is -2.67. The second-order valence-corrected chi connectivity index (χ2v) is 6.15. The fourth-order valence-electron chi connectivity index (χ4n) is 3.24. The Morgan fingerprint density at radius 3 is 2.64 bits per heavy atom. The highest BCUT2D eigenvalue weighted by Gasteiger charge is 2.52. The first-order valence-corrected chi connectivity index (χ1v) is 7.61. The van der Waals surface area contributed by atoms with Crippen LogP contribution in [0.4, 0.5) is 0 Å². The van der Waals surface area contributed by atoms with Crippen LogP contribution in [0.3, 0.4) is 0 Å². The molecular formula is C17H19NO4. The lowest BCUT2D eigenvalue weighted by molar-refractivity contribution is -0.307. The molecule has 116 valence electrons. The zero-order valence-electron chi connectivity index (χ0n) is 12.7. The number of amides is 1. The van der Waals surface area contributed by atoms with Crippen LogP contribution >= 0.6 is 0 Å². The van der Waals surface area contributed by atoms with Crippen molar-refractivity contribution in [2.75, 3.05) is 13.2 Å². The highest BCUT2D eigenvalue weighted by atomic mass is 16.7. The summed E-state index contributed by atoms with van der Waals surface area (Å²) in [6.45, 7) is 4.94. The summed E-state index contributed by atoms with van der Waals surface area (Å²) in [5.74, 6) is 0.0646. The molecule has 3 aliphatic rings. The Labute approximate surface area is 129 Å². The van der Waals surface area contributed by atoms with Crippen LogP contribution in [0.5, 0.6) is 0 Å². The van der Waals surface area contributed by atoms with Crippen LogP contribution in [-0.2, 0) is 19.0 Å². The first-order valence-electron chi connectivity index (χ1n) is 7.61. The van der Waals surface area contributed by atoms with Gasteiger partial charge in [0.1, 0.15) is 12.2 Å². The Hall–Kier alpha value is -1.69. The van der Waals surface area contributed by atoms with Gasteiger partial charge in [-0.25, -0.2) is 0 Å². The van der Waals surface area contributed by atoms with Crippen LogP contribution in [-0.4, -0.2) is 42.4 Å². The van der Waals surface area contributed by atoms with E-state index in [-0.39, 0.29) is 30.6 Å². The quantitative estimate of drug-likeness (QED) is 0.588. The normalized spacial score (nSPS) is 33.8. The molecule has 3 aliphatic heterocycles. The molecule has 0 spiro atoms. The summed E-state index contributed by atoms with van der Waals surface area (Å²) in [6.07, 6.45) is -0.873. The topological polar surface area (TPSA) is 48.0 Å². The van der Waals surface area contributed by atoms with Crippen LogP contribution in [0.2, 0.25) is 0 Å². The van der Waals surface area contributed by atoms with E-state index >= 15 is 0 Å². The van der Waals surface area contributed by atoms with Crippen LogP contribution < -0.4 is 0 Å². The number of allylic oxidation sites excluding steroid dienone is 1. The standard InChI is InChI=1S/C17H19NO4/c1-10(2)14-15(19)18-8-12-13(21-16(14)18)9-20-17(22-12)11-6-4-3-5-7-11/h3-7,12-13,16-17H,8-9H2,1-2H3/t12-,13-,16-,17+/m1/s1. The van der Waals surface area contributed by atoms with Crippen molar-refractivity contribution in [1.82, 2.24) is 4.90 Å². The van der Waals surface area contributed by atoms with E-state index in [1.54, 1.807) is 4.90 Å². The van der Waals surface area contributed by atoms with Gasteiger partial charge in [-0.05, 0) is 13.8 Å². The average Bonchev–Trinajstić information content (AvgIpc) is 2.54. The van der Waals surface area contributed by atoms with Gasteiger partial charge in [-0.1, -0.05) is 35.9 Å². The Bertz CT molecular complexity index is 623. The van der Waals surface area contributed by atoms with Crippen molar-refractivity contribution in [3.8, 4) is 0 Å². The monoisotopic (exact) mass is 301 g/mol. The van der Waals surface area contributed by atoms with E-state index in [2.05, 4.69) is 0 Å². The Morgan fingerprint density at radius 2 is 1.91 bits per heavy atom. The number of benzene rings is 1. The third-order valence-electron chi connectivity index (χ3n) is 4.44. The third kappa shape index (κ3) is 2.08. The van der Waals surface area contributed by atoms with Crippen molar-refractivity contribution >= 4 is 5.91 Å². The van der Waals surface area contributed by atoms with Gasteiger partial charge in [-0.2, -0.15) is 0 Å². The van der Waals surface area contributed by atoms with E-state index in [1.165, 1.54) is 0 Å². The van der Waals surface area contributed by atoms with E-state index in [0.717, 1.165) is 16.7 Å². The van der Waals surface area contributed by atoms with Gasteiger partial charge >= 0.3 is 0 Å². The number of hydrogen-bond acceptors (Lipinski definition) is 4. The lowest BCUT2D eigenvalue weighted by Gasteiger charge is -2.52. The molecule has 1 aromatic carbocycles. The highest BCUT2D eigenvalue weighted by Crippen LogP contribution is 2.39. The molecule has 3 fully saturated rings. The molecule has 3 saturated heterocycles. The van der Waals surface area contributed by atoms with Gasteiger partial charge in [0.25, 0.3) is 5.91 Å². The number of carbonyl (C=O) groups is 1. The summed E-state index contributed by atoms with van der Waals surface area (Å²) in [5.41, 5.74) is 2.79. The number of nitrogens with zero attached hydrogens (tertiary/aromatic N) is 1. The largest absolute Gasteiger partial charge is 0.346 e. The third-order valence-corrected chi connectivity index (χ3v) is 4.44. The predicted molar refractivity (Wildman–Crippen MR) is 78.8 cm³/mol. The van der Waals surface area contributed by atoms with E-state index in [4.69, 9.17) is 14.2 Å². The molecule has 0 N–H and O–H groups in total. The smallest absolute Gasteiger partial charge is 0.256 e. The molecule has 0 bridgehead atoms. The van der Waals surface area contributed by atoms with Gasteiger partial charge in [-0.15, -0.1) is 0 Å². The first-order chi connectivity index (χ1) is 10.6. The number of fused-ring (bicyclic) bond motifs is 2. The van der Waals surface area contributed by atoms with Crippen LogP contribution in [0.15, 0.2) is 41.5 Å². The minimum Gasteiger partial charge on any atom is -0.346 e. The lowest BCUT2D eigenvalue weighted by atomic mass is 9.94. The Kier molecular flexibility index (Phi) is 3.29. The van der Waals surface area contributed by atoms with Gasteiger partial charge in [0.2, 0.25) is 0 Å². The Balaban J connectivity index is 1.50. The Morgan fingerprint density at radius 1 is 1.14 bits per heavy atom. The first kappa shape index (κ1) is 13.9. The van der Waals surface area contributed by atoms with Crippen molar-refractivity contribution < 1.29 is 19.0 Å². The van der Waals surface area contributed by atoms with Crippen molar-refractivity contribution in [2.24, 2.45) is 0 Å². The molecule has 22 heavy (non-hydrogen) atoms. The molecule has 0 aliphatic carbocycles. The zero-order valence-corrected chi connectivity index (χ0v) is 12.7. The van der Waals surface area contributed by atoms with Gasteiger partial charge in [0.05, 0.1) is 18.7 Å². The van der Waals surface area contributed by atoms with E-state index in [1.807, 2.05) is 44.2 Å². The molecule has 0 aromatic heterocycles. The summed E-state index contributed by atoms with van der Waals surface area (Å²) < 4.78 is 17.8. The molecular weight excluding hydrogens is 282 g/mol. The summed E-state index contributed by atoms with van der Waals surface area (Å²) in [4.78, 5) is 13.9. The minimum atomic E-state index is -0.387. The van der Waals surface area contributed by atoms with Crippen LogP contribution in [0.25, 0.3) is 0 Å². The van der Waals surface area contributed by atoms with Crippen molar-refractivity contribution in [3.05, 3.63) is 47.0 Å². The van der Waals surface area contributed by atoms with Gasteiger partial charge < -0.3 is 19.1 Å². The summed E-state index contributed by atoms with van der Waals surface area (Å²) in [7, 11) is 0. The summed E-state index contributed by atoms with van der Waals surface area (Å²) in [5, 5.41) is 0.